The molecule has 0 saturated carbocycles. The van der Waals surface area contributed by atoms with Gasteiger partial charge in [0.25, 0.3) is 0 Å². The maximum Gasteiger partial charge on any atom is 0.408 e. The summed E-state index contributed by atoms with van der Waals surface area (Å²) >= 11 is 3.66. The molecule has 2 heterocycles. The number of thioether (sulfide) groups is 2. The molecule has 1 amide bonds. The highest BCUT2D eigenvalue weighted by Crippen LogP contribution is 2.51. The number of amides is 1. The summed E-state index contributed by atoms with van der Waals surface area (Å²) in [5.41, 5.74) is -1.11. The highest BCUT2D eigenvalue weighted by atomic mass is 32.2. The summed E-state index contributed by atoms with van der Waals surface area (Å²) in [6, 6.07) is -1.23. The number of rotatable bonds is 4. The number of alkyl carbamates (subject to hydrolysis) is 1. The van der Waals surface area contributed by atoms with Gasteiger partial charge >= 0.3 is 6.09 Å². The van der Waals surface area contributed by atoms with Crippen molar-refractivity contribution in [3.05, 3.63) is 0 Å². The van der Waals surface area contributed by atoms with Crippen LogP contribution in [0.1, 0.15) is 54.4 Å². The lowest BCUT2D eigenvalue weighted by Gasteiger charge is -2.41. The minimum atomic E-state index is -1.56. The highest BCUT2D eigenvalue weighted by molar-refractivity contribution is 8.18. The minimum Gasteiger partial charge on any atom is -0.444 e. The van der Waals surface area contributed by atoms with Crippen molar-refractivity contribution in [2.75, 3.05) is 18.1 Å². The van der Waals surface area contributed by atoms with E-state index in [0.717, 1.165) is 17.9 Å². The maximum atomic E-state index is 12.4. The van der Waals surface area contributed by atoms with E-state index in [1.54, 1.807) is 25.7 Å². The number of likely N-dealkylation sites (tertiary alicyclic amines) is 1. The molecule has 2 saturated heterocycles. The lowest BCUT2D eigenvalue weighted by molar-refractivity contribution is -0.137. The summed E-state index contributed by atoms with van der Waals surface area (Å²) in [7, 11) is 0. The first-order valence-corrected chi connectivity index (χ1v) is 11.8. The van der Waals surface area contributed by atoms with Crippen LogP contribution in [0.15, 0.2) is 0 Å². The predicted molar refractivity (Wildman–Crippen MR) is 114 cm³/mol. The van der Waals surface area contributed by atoms with E-state index in [4.69, 9.17) is 4.74 Å². The van der Waals surface area contributed by atoms with Gasteiger partial charge in [-0.15, -0.1) is 23.5 Å². The molecule has 3 atom stereocenters. The van der Waals surface area contributed by atoms with Gasteiger partial charge in [-0.2, -0.15) is 0 Å². The number of carbonyl (C=O) groups is 1. The van der Waals surface area contributed by atoms with Gasteiger partial charge in [0.05, 0.1) is 16.2 Å². The fraction of sp³-hybridized carbons (Fsp3) is 0.947. The van der Waals surface area contributed by atoms with Crippen molar-refractivity contribution in [2.45, 2.75) is 88.7 Å². The van der Waals surface area contributed by atoms with E-state index >= 15 is 0 Å². The molecule has 2 unspecified atom stereocenters. The second-order valence-electron chi connectivity index (χ2n) is 9.72. The number of aliphatic hydroxyl groups excluding tert-OH is 2. The van der Waals surface area contributed by atoms with Crippen molar-refractivity contribution in [2.24, 2.45) is 5.41 Å². The van der Waals surface area contributed by atoms with Gasteiger partial charge < -0.3 is 25.4 Å². The average Bonchev–Trinajstić information content (AvgIpc) is 2.89. The molecule has 2 aliphatic rings. The van der Waals surface area contributed by atoms with Gasteiger partial charge in [-0.1, -0.05) is 20.8 Å². The van der Waals surface area contributed by atoms with Crippen LogP contribution in [0.3, 0.4) is 0 Å². The summed E-state index contributed by atoms with van der Waals surface area (Å²) in [5.74, 6) is 2.06. The van der Waals surface area contributed by atoms with E-state index < -0.39 is 41.7 Å². The Hall–Kier alpha value is -0.190. The fourth-order valence-corrected chi connectivity index (χ4v) is 7.05. The summed E-state index contributed by atoms with van der Waals surface area (Å²) in [6.07, 6.45) is -1.50. The van der Waals surface area contributed by atoms with Crippen LogP contribution in [0.2, 0.25) is 0 Å². The minimum absolute atomic E-state index is 0.151. The van der Waals surface area contributed by atoms with Crippen LogP contribution in [-0.2, 0) is 4.74 Å². The van der Waals surface area contributed by atoms with Gasteiger partial charge in [0.15, 0.2) is 6.29 Å². The van der Waals surface area contributed by atoms with E-state index in [1.807, 2.05) is 44.3 Å². The Morgan fingerprint density at radius 2 is 1.71 bits per heavy atom. The smallest absolute Gasteiger partial charge is 0.408 e. The molecule has 2 aliphatic heterocycles. The Kier molecular flexibility index (Phi) is 7.65. The molecule has 0 aliphatic carbocycles. The third kappa shape index (κ3) is 6.15. The van der Waals surface area contributed by atoms with E-state index in [1.165, 1.54) is 0 Å². The van der Waals surface area contributed by atoms with Crippen molar-refractivity contribution in [1.29, 1.82) is 0 Å². The molecule has 0 aromatic heterocycles. The zero-order chi connectivity index (χ0) is 21.3. The number of nitrogens with one attached hydrogen (secondary N) is 1. The van der Waals surface area contributed by atoms with Crippen molar-refractivity contribution in [3.8, 4) is 0 Å². The number of aliphatic hydroxyl groups is 3. The number of hydrogen-bond donors (Lipinski definition) is 4. The van der Waals surface area contributed by atoms with Gasteiger partial charge in [-0.25, -0.2) is 4.79 Å². The van der Waals surface area contributed by atoms with Crippen LogP contribution in [0.4, 0.5) is 4.79 Å². The Bertz CT molecular complexity index is 541. The molecule has 2 rings (SSSR count). The van der Waals surface area contributed by atoms with Crippen LogP contribution < -0.4 is 5.32 Å². The van der Waals surface area contributed by atoms with Crippen molar-refractivity contribution in [3.63, 3.8) is 0 Å². The molecule has 0 aromatic carbocycles. The molecule has 0 aromatic rings. The average molecular weight is 437 g/mol. The first-order valence-electron chi connectivity index (χ1n) is 9.81. The van der Waals surface area contributed by atoms with E-state index in [2.05, 4.69) is 5.32 Å². The molecule has 0 radical (unpaired) electrons. The first kappa shape index (κ1) is 24.1. The Balaban J connectivity index is 2.21. The quantitative estimate of drug-likeness (QED) is 0.498. The number of hydrogen-bond acceptors (Lipinski definition) is 8. The summed E-state index contributed by atoms with van der Waals surface area (Å²) in [5, 5.41) is 34.0. The lowest BCUT2D eigenvalue weighted by Crippen LogP contribution is -2.60. The second kappa shape index (κ2) is 8.89. The molecule has 2 fully saturated rings. The zero-order valence-corrected chi connectivity index (χ0v) is 19.4. The predicted octanol–water partition coefficient (Wildman–Crippen LogP) is 2.20. The van der Waals surface area contributed by atoms with Crippen LogP contribution in [0.5, 0.6) is 0 Å². The number of carbonyl (C=O) groups excluding carboxylic acids is 1. The van der Waals surface area contributed by atoms with Crippen molar-refractivity contribution >= 4 is 29.6 Å². The largest absolute Gasteiger partial charge is 0.444 e. The van der Waals surface area contributed by atoms with Gasteiger partial charge in [0, 0.05) is 6.54 Å². The number of nitrogens with zero attached hydrogens (tertiary/aromatic N) is 1. The topological polar surface area (TPSA) is 102 Å². The Labute approximate surface area is 177 Å². The van der Waals surface area contributed by atoms with Crippen LogP contribution >= 0.6 is 23.5 Å². The molecule has 4 N–H and O–H groups in total. The zero-order valence-electron chi connectivity index (χ0n) is 17.8. The normalized spacial score (nSPS) is 25.7. The Morgan fingerprint density at radius 1 is 1.14 bits per heavy atom. The maximum absolute atomic E-state index is 12.4. The van der Waals surface area contributed by atoms with E-state index in [0.29, 0.717) is 13.0 Å². The first-order chi connectivity index (χ1) is 12.7. The van der Waals surface area contributed by atoms with E-state index in [9.17, 15) is 20.1 Å². The molecule has 0 bridgehead atoms. The third-order valence-electron chi connectivity index (χ3n) is 4.98. The van der Waals surface area contributed by atoms with Crippen LogP contribution in [0.25, 0.3) is 0 Å². The summed E-state index contributed by atoms with van der Waals surface area (Å²) in [4.78, 5) is 14.1. The monoisotopic (exact) mass is 436 g/mol. The second-order valence-corrected chi connectivity index (χ2v) is 12.9. The standard InChI is InChI=1S/C19H36N2O5S2/c1-17(2,3)13(20-16(25)26-18(4,5)6)14(22)21-11-19(10-12(21)15(23)24)27-8-7-9-28-19/h12-15,22-24H,7-11H2,1-6H3,(H,20,25)/t12?,13?,14-/m1/s1. The Morgan fingerprint density at radius 3 is 2.18 bits per heavy atom. The van der Waals surface area contributed by atoms with Crippen molar-refractivity contribution in [1.82, 2.24) is 10.2 Å². The lowest BCUT2D eigenvalue weighted by atomic mass is 9.85. The molecular weight excluding hydrogens is 400 g/mol. The third-order valence-corrected chi connectivity index (χ3v) is 8.31. The van der Waals surface area contributed by atoms with Crippen LogP contribution in [0, 0.1) is 5.41 Å². The number of ether oxygens (including phenoxy) is 1. The molecule has 1 spiro atoms. The van der Waals surface area contributed by atoms with Crippen molar-refractivity contribution < 1.29 is 24.9 Å². The SMILES string of the molecule is CC(C)(C)OC(=O)NC([C@@H](O)N1CC2(CC1C(O)O)SCCCS2)C(C)(C)C. The molecule has 7 nitrogen and oxygen atoms in total. The van der Waals surface area contributed by atoms with Crippen LogP contribution in [-0.4, -0.2) is 78.6 Å². The molecule has 28 heavy (non-hydrogen) atoms. The fourth-order valence-electron chi connectivity index (χ4n) is 3.65. The molecule has 9 heteroatoms. The van der Waals surface area contributed by atoms with Gasteiger partial charge in [0.2, 0.25) is 0 Å². The highest BCUT2D eigenvalue weighted by Gasteiger charge is 2.52. The summed E-state index contributed by atoms with van der Waals surface area (Å²) < 4.78 is 5.22. The van der Waals surface area contributed by atoms with Gasteiger partial charge in [0.1, 0.15) is 11.8 Å². The van der Waals surface area contributed by atoms with Gasteiger partial charge in [-0.3, -0.25) is 4.90 Å². The van der Waals surface area contributed by atoms with E-state index in [-0.39, 0.29) is 4.08 Å². The van der Waals surface area contributed by atoms with Gasteiger partial charge in [-0.05, 0) is 50.5 Å². The summed E-state index contributed by atoms with van der Waals surface area (Å²) in [6.45, 7) is 11.7. The molecular formula is C19H36N2O5S2. The molecule has 164 valence electrons.